The number of benzene rings is 2. The van der Waals surface area contributed by atoms with E-state index in [4.69, 9.17) is 0 Å². The minimum atomic E-state index is -0.0764. The first-order valence-corrected chi connectivity index (χ1v) is 13.4. The van der Waals surface area contributed by atoms with E-state index in [9.17, 15) is 9.59 Å². The molecule has 0 saturated carbocycles. The Bertz CT molecular complexity index is 1620. The number of ketones is 2. The van der Waals surface area contributed by atoms with Crippen LogP contribution in [0, 0.1) is 0 Å². The van der Waals surface area contributed by atoms with E-state index >= 15 is 0 Å². The molecule has 0 atom stereocenters. The Morgan fingerprint density at radius 2 is 0.907 bits per heavy atom. The summed E-state index contributed by atoms with van der Waals surface area (Å²) < 4.78 is 0. The van der Waals surface area contributed by atoms with Gasteiger partial charge in [0.25, 0.3) is 0 Å². The third-order valence-electron chi connectivity index (χ3n) is 6.65. The topological polar surface area (TPSA) is 91.1 Å². The van der Waals surface area contributed by atoms with E-state index in [0.717, 1.165) is 45.3 Å². The largest absolute Gasteiger partial charge is 2.00 e. The molecule has 4 aromatic rings. The molecule has 2 aliphatic rings. The molecule has 0 bridgehead atoms. The van der Waals surface area contributed by atoms with Crippen molar-refractivity contribution in [3.05, 3.63) is 132 Å². The summed E-state index contributed by atoms with van der Waals surface area (Å²) in [5, 5.41) is 0. The van der Waals surface area contributed by atoms with Crippen LogP contribution < -0.4 is 9.80 Å². The monoisotopic (exact) mass is 749 g/mol. The molecular formula is C34H30N6O2Pt+2. The molecule has 0 spiro atoms. The van der Waals surface area contributed by atoms with Crippen molar-refractivity contribution in [3.63, 3.8) is 0 Å². The molecule has 8 nitrogen and oxygen atoms in total. The summed E-state index contributed by atoms with van der Waals surface area (Å²) in [6.07, 6.45) is 9.77. The van der Waals surface area contributed by atoms with Gasteiger partial charge in [0.05, 0.1) is 22.8 Å². The number of aliphatic imine (C=N–C) groups is 2. The van der Waals surface area contributed by atoms with Gasteiger partial charge in [-0.3, -0.25) is 19.6 Å². The van der Waals surface area contributed by atoms with Crippen LogP contribution in [0.4, 0.5) is 22.7 Å². The van der Waals surface area contributed by atoms with Gasteiger partial charge >= 0.3 is 21.1 Å². The fourth-order valence-corrected chi connectivity index (χ4v) is 4.39. The third kappa shape index (κ3) is 7.34. The van der Waals surface area contributed by atoms with Gasteiger partial charge in [0.15, 0.2) is 0 Å². The maximum atomic E-state index is 11.8. The van der Waals surface area contributed by atoms with Crippen LogP contribution in [-0.2, 0) is 21.1 Å². The Morgan fingerprint density at radius 1 is 0.535 bits per heavy atom. The van der Waals surface area contributed by atoms with Crippen LogP contribution in [0.2, 0.25) is 0 Å². The second-order valence-electron chi connectivity index (χ2n) is 10.0. The zero-order chi connectivity index (χ0) is 29.6. The summed E-state index contributed by atoms with van der Waals surface area (Å²) in [6.45, 7) is 0. The van der Waals surface area contributed by atoms with Crippen LogP contribution in [0.3, 0.4) is 0 Å². The van der Waals surface area contributed by atoms with E-state index < -0.39 is 0 Å². The molecule has 2 aromatic heterocycles. The summed E-state index contributed by atoms with van der Waals surface area (Å²) in [4.78, 5) is 45.2. The number of pyridine rings is 2. The first-order chi connectivity index (χ1) is 20.3. The van der Waals surface area contributed by atoms with Crippen molar-refractivity contribution in [1.82, 2.24) is 9.97 Å². The molecule has 0 unspecified atom stereocenters. The maximum absolute atomic E-state index is 11.8. The van der Waals surface area contributed by atoms with Crippen molar-refractivity contribution in [1.29, 1.82) is 0 Å². The van der Waals surface area contributed by atoms with Gasteiger partial charge in [-0.1, -0.05) is 0 Å². The van der Waals surface area contributed by atoms with Gasteiger partial charge in [0.1, 0.15) is 11.4 Å². The molecule has 0 saturated heterocycles. The zero-order valence-electron chi connectivity index (χ0n) is 24.2. The number of carbonyl (C=O) groups excluding carboxylic acids is 2. The summed E-state index contributed by atoms with van der Waals surface area (Å²) in [5.74, 6) is -0.153. The molecule has 0 N–H and O–H groups in total. The van der Waals surface area contributed by atoms with Crippen molar-refractivity contribution >= 4 is 45.7 Å². The second kappa shape index (κ2) is 13.9. The number of carbonyl (C=O) groups is 2. The number of aromatic nitrogens is 2. The van der Waals surface area contributed by atoms with Crippen molar-refractivity contribution in [2.45, 2.75) is 0 Å². The molecular weight excluding hydrogens is 719 g/mol. The van der Waals surface area contributed by atoms with Crippen LogP contribution in [0.15, 0.2) is 119 Å². The van der Waals surface area contributed by atoms with Crippen LogP contribution in [-0.4, -0.2) is 61.1 Å². The number of hydrogen-bond acceptors (Lipinski definition) is 8. The molecule has 43 heavy (non-hydrogen) atoms. The number of nitrogens with zero attached hydrogens (tertiary/aromatic N) is 6. The Kier molecular flexibility index (Phi) is 10.1. The number of allylic oxidation sites excluding steroid dienone is 4. The first-order valence-electron chi connectivity index (χ1n) is 13.4. The van der Waals surface area contributed by atoms with Gasteiger partial charge in [0.2, 0.25) is 11.6 Å². The Labute approximate surface area is 265 Å². The first kappa shape index (κ1) is 31.1. The van der Waals surface area contributed by atoms with Crippen LogP contribution in [0.25, 0.3) is 0 Å². The smallest absolute Gasteiger partial charge is 0.378 e. The molecule has 2 aliphatic carbocycles. The predicted octanol–water partition coefficient (Wildman–Crippen LogP) is 6.04. The standard InChI is InChI=1S/2C17H15N3O.Pt/c2*1-20(2)13-7-5-12(6-8-13)19-15-9-10-16(21)17-14(15)4-3-11-18-17;/h2*3-11H,1-2H3;/q;;+2. The molecule has 6 rings (SSSR count). The van der Waals surface area contributed by atoms with Gasteiger partial charge in [-0.15, -0.1) is 0 Å². The van der Waals surface area contributed by atoms with E-state index in [1.165, 1.54) is 12.2 Å². The number of hydrogen-bond donors (Lipinski definition) is 0. The summed E-state index contributed by atoms with van der Waals surface area (Å²) in [7, 11) is 7.99. The van der Waals surface area contributed by atoms with Crippen LogP contribution in [0.1, 0.15) is 32.1 Å². The number of fused-ring (bicyclic) bond motifs is 2. The van der Waals surface area contributed by atoms with Crippen molar-refractivity contribution in [3.8, 4) is 0 Å². The fraction of sp³-hybridized carbons (Fsp3) is 0.118. The number of rotatable bonds is 4. The molecule has 0 aliphatic heterocycles. The van der Waals surface area contributed by atoms with Gasteiger partial charge in [-0.25, -0.2) is 9.98 Å². The molecule has 2 heterocycles. The molecule has 0 fully saturated rings. The molecule has 9 heteroatoms. The Morgan fingerprint density at radius 3 is 1.26 bits per heavy atom. The minimum absolute atomic E-state index is 0. The van der Waals surface area contributed by atoms with Crippen LogP contribution in [0.5, 0.6) is 0 Å². The van der Waals surface area contributed by atoms with E-state index in [1.807, 2.05) is 111 Å². The molecule has 2 aromatic carbocycles. The SMILES string of the molecule is CN(C)c1ccc(N=C2C=CC(=O)c3ncccc32)cc1.CN(C)c1ccc(N=C2C=CC(=O)c3ncccc32)cc1.[Pt+2]. The maximum Gasteiger partial charge on any atom is 2.00 e. The normalized spacial score (nSPS) is 14.8. The molecule has 0 amide bonds. The zero-order valence-corrected chi connectivity index (χ0v) is 26.5. The van der Waals surface area contributed by atoms with Crippen molar-refractivity contribution in [2.75, 3.05) is 38.0 Å². The fourth-order valence-electron chi connectivity index (χ4n) is 4.39. The quantitative estimate of drug-likeness (QED) is 0.253. The second-order valence-corrected chi connectivity index (χ2v) is 10.0. The summed E-state index contributed by atoms with van der Waals surface area (Å²) >= 11 is 0. The number of anilines is 2. The Balaban J connectivity index is 0.000000192. The summed E-state index contributed by atoms with van der Waals surface area (Å²) in [5.41, 5.74) is 7.95. The third-order valence-corrected chi connectivity index (χ3v) is 6.65. The minimum Gasteiger partial charge on any atom is -0.378 e. The van der Waals surface area contributed by atoms with E-state index in [1.54, 1.807) is 24.5 Å². The molecule has 0 radical (unpaired) electrons. The van der Waals surface area contributed by atoms with E-state index in [-0.39, 0.29) is 32.6 Å². The van der Waals surface area contributed by atoms with E-state index in [2.05, 4.69) is 20.0 Å². The Hall–Kier alpha value is -4.81. The average Bonchev–Trinajstić information content (AvgIpc) is 3.01. The van der Waals surface area contributed by atoms with Crippen molar-refractivity contribution in [2.24, 2.45) is 9.98 Å². The average molecular weight is 750 g/mol. The van der Waals surface area contributed by atoms with Crippen molar-refractivity contribution < 1.29 is 30.7 Å². The summed E-state index contributed by atoms with van der Waals surface area (Å²) in [6, 6.07) is 23.3. The van der Waals surface area contributed by atoms with Gasteiger partial charge in [0, 0.05) is 63.1 Å². The van der Waals surface area contributed by atoms with Gasteiger partial charge < -0.3 is 9.80 Å². The van der Waals surface area contributed by atoms with Crippen LogP contribution >= 0.6 is 0 Å². The predicted molar refractivity (Wildman–Crippen MR) is 169 cm³/mol. The van der Waals surface area contributed by atoms with Gasteiger partial charge in [-0.2, -0.15) is 0 Å². The molecule has 216 valence electrons. The van der Waals surface area contributed by atoms with E-state index in [0.29, 0.717) is 11.4 Å². The van der Waals surface area contributed by atoms with Gasteiger partial charge in [-0.05, 0) is 97.1 Å².